The van der Waals surface area contributed by atoms with E-state index < -0.39 is 69.5 Å². The molecule has 0 saturated heterocycles. The van der Waals surface area contributed by atoms with Crippen molar-refractivity contribution in [2.75, 3.05) is 0 Å². The van der Waals surface area contributed by atoms with Crippen LogP contribution in [0.4, 0.5) is 0 Å². The van der Waals surface area contributed by atoms with E-state index in [9.17, 15) is 19.8 Å². The summed E-state index contributed by atoms with van der Waals surface area (Å²) in [4.78, 5) is 25.0. The van der Waals surface area contributed by atoms with E-state index in [1.165, 1.54) is 0 Å². The Morgan fingerprint density at radius 3 is 1.67 bits per heavy atom. The van der Waals surface area contributed by atoms with Gasteiger partial charge in [-0.05, 0) is 12.1 Å². The zero-order valence-corrected chi connectivity index (χ0v) is 8.87. The normalized spacial score (nSPS) is 16.2. The summed E-state index contributed by atoms with van der Waals surface area (Å²) < 4.78 is 30.5. The number of phenols is 2. The molecule has 2 N–H and O–H groups in total. The molecule has 0 radical (unpaired) electrons. The number of carbonyl (C=O) groups is 2. The summed E-state index contributed by atoms with van der Waals surface area (Å²) in [6.45, 7) is 0. The molecule has 2 aromatic carbocycles. The fourth-order valence-electron chi connectivity index (χ4n) is 1.93. The van der Waals surface area contributed by atoms with Gasteiger partial charge in [0, 0.05) is 11.1 Å². The van der Waals surface area contributed by atoms with Gasteiger partial charge in [-0.1, -0.05) is 24.2 Å². The fraction of sp³-hybridized carbons (Fsp3) is 0. The van der Waals surface area contributed by atoms with E-state index in [2.05, 4.69) is 0 Å². The lowest BCUT2D eigenvalue weighted by Gasteiger charge is -2.18. The smallest absolute Gasteiger partial charge is 0.201 e. The first-order valence-electron chi connectivity index (χ1n) is 7.01. The van der Waals surface area contributed by atoms with Gasteiger partial charge in [0.2, 0.25) is 5.78 Å². The average molecular weight is 244 g/mol. The van der Waals surface area contributed by atoms with Crippen LogP contribution in [0.15, 0.2) is 36.3 Å². The van der Waals surface area contributed by atoms with Crippen molar-refractivity contribution in [1.29, 1.82) is 0 Å². The van der Waals surface area contributed by atoms with E-state index in [0.29, 0.717) is 0 Å². The number of hydrogen-bond acceptors (Lipinski definition) is 4. The van der Waals surface area contributed by atoms with Crippen molar-refractivity contribution in [3.05, 3.63) is 58.6 Å². The van der Waals surface area contributed by atoms with Crippen molar-refractivity contribution < 1.29 is 25.3 Å². The van der Waals surface area contributed by atoms with Crippen LogP contribution in [0.5, 0.6) is 11.5 Å². The molecule has 0 fully saturated rings. The molecule has 0 amide bonds. The molecule has 18 heavy (non-hydrogen) atoms. The van der Waals surface area contributed by atoms with E-state index in [1.807, 2.05) is 0 Å². The van der Waals surface area contributed by atoms with Crippen LogP contribution in [-0.4, -0.2) is 21.8 Å². The third-order valence-corrected chi connectivity index (χ3v) is 2.73. The van der Waals surface area contributed by atoms with Crippen LogP contribution < -0.4 is 0 Å². The maximum absolute atomic E-state index is 12.5. The molecule has 0 spiro atoms. The van der Waals surface area contributed by atoms with Crippen molar-refractivity contribution in [1.82, 2.24) is 0 Å². The highest BCUT2D eigenvalue weighted by atomic mass is 16.3. The molecule has 1 aliphatic carbocycles. The quantitative estimate of drug-likeness (QED) is 0.633. The number of aromatic hydroxyl groups is 2. The Labute approximate surface area is 108 Å². The summed E-state index contributed by atoms with van der Waals surface area (Å²) in [7, 11) is 0. The number of ketones is 2. The highest BCUT2D eigenvalue weighted by molar-refractivity contribution is 6.30. The standard InChI is InChI=1S/C14H8O4/c15-9-5-1-3-7-11(9)14(18)12-8(13(7)17)4-2-6-10(12)16/h1-6,15-16H/i3D,4D,5D,6D. The zero-order chi connectivity index (χ0) is 16.3. The van der Waals surface area contributed by atoms with Crippen LogP contribution in [0.25, 0.3) is 0 Å². The fourth-order valence-corrected chi connectivity index (χ4v) is 1.93. The van der Waals surface area contributed by atoms with Crippen LogP contribution >= 0.6 is 0 Å². The minimum Gasteiger partial charge on any atom is -0.507 e. The monoisotopic (exact) mass is 244 g/mol. The third kappa shape index (κ3) is 1.20. The van der Waals surface area contributed by atoms with E-state index in [4.69, 9.17) is 5.48 Å². The van der Waals surface area contributed by atoms with Gasteiger partial charge in [-0.2, -0.15) is 0 Å². The highest BCUT2D eigenvalue weighted by Gasteiger charge is 2.33. The second-order valence-electron chi connectivity index (χ2n) is 3.72. The molecule has 4 nitrogen and oxygen atoms in total. The number of phenolic OH excluding ortho intramolecular Hbond substituents is 2. The van der Waals surface area contributed by atoms with Crippen molar-refractivity contribution in [2.24, 2.45) is 0 Å². The number of carbonyl (C=O) groups excluding carboxylic acids is 2. The van der Waals surface area contributed by atoms with Gasteiger partial charge >= 0.3 is 0 Å². The minimum absolute atomic E-state index is 0.406. The lowest BCUT2D eigenvalue weighted by atomic mass is 9.83. The maximum atomic E-state index is 12.5. The third-order valence-electron chi connectivity index (χ3n) is 2.73. The van der Waals surface area contributed by atoms with Gasteiger partial charge in [-0.25, -0.2) is 0 Å². The number of fused-ring (bicyclic) bond motifs is 2. The van der Waals surface area contributed by atoms with Crippen molar-refractivity contribution in [3.63, 3.8) is 0 Å². The predicted octanol–water partition coefficient (Wildman–Crippen LogP) is 1.87. The number of hydrogen-bond donors (Lipinski definition) is 2. The van der Waals surface area contributed by atoms with Gasteiger partial charge in [0.25, 0.3) is 0 Å². The molecule has 88 valence electrons. The second-order valence-corrected chi connectivity index (χ2v) is 3.72. The SMILES string of the molecule is [2H]c1cc([2H])c2c(c1O)C(=O)c1c(O)c([2H])cc([2H])c1C2=O. The molecule has 0 heterocycles. The van der Waals surface area contributed by atoms with Crippen LogP contribution in [0.2, 0.25) is 0 Å². The van der Waals surface area contributed by atoms with Crippen molar-refractivity contribution >= 4 is 11.6 Å². The molecule has 0 aliphatic heterocycles. The Morgan fingerprint density at radius 2 is 1.22 bits per heavy atom. The molecule has 2 aromatic rings. The summed E-state index contributed by atoms with van der Waals surface area (Å²) in [6, 6.07) is 0.00695. The van der Waals surface area contributed by atoms with Crippen LogP contribution in [-0.2, 0) is 0 Å². The predicted molar refractivity (Wildman–Crippen MR) is 63.1 cm³/mol. The summed E-state index contributed by atoms with van der Waals surface area (Å²) in [5.41, 5.74) is -1.90. The minimum atomic E-state index is -0.982. The first-order valence-corrected chi connectivity index (χ1v) is 5.01. The molecule has 0 saturated carbocycles. The molecule has 3 rings (SSSR count). The summed E-state index contributed by atoms with van der Waals surface area (Å²) in [5.74, 6) is -3.39. The lowest BCUT2D eigenvalue weighted by Crippen LogP contribution is -2.20. The number of benzene rings is 2. The van der Waals surface area contributed by atoms with Gasteiger partial charge in [-0.15, -0.1) is 0 Å². The van der Waals surface area contributed by atoms with Gasteiger partial charge < -0.3 is 10.2 Å². The highest BCUT2D eigenvalue weighted by Crippen LogP contribution is 2.35. The van der Waals surface area contributed by atoms with E-state index in [0.717, 1.165) is 12.1 Å². The maximum Gasteiger partial charge on any atom is 0.201 e. The van der Waals surface area contributed by atoms with Crippen LogP contribution in [0.1, 0.15) is 37.3 Å². The molecule has 0 atom stereocenters. The zero-order valence-electron chi connectivity index (χ0n) is 12.9. The first kappa shape index (κ1) is 6.96. The Balaban J connectivity index is 2.49. The molecule has 0 bridgehead atoms. The van der Waals surface area contributed by atoms with Gasteiger partial charge in [0.05, 0.1) is 16.6 Å². The van der Waals surface area contributed by atoms with Crippen molar-refractivity contribution in [2.45, 2.75) is 0 Å². The summed E-state index contributed by atoms with van der Waals surface area (Å²) in [6.07, 6.45) is 0. The van der Waals surface area contributed by atoms with E-state index >= 15 is 0 Å². The first-order chi connectivity index (χ1) is 10.3. The number of rotatable bonds is 0. The lowest BCUT2D eigenvalue weighted by molar-refractivity contribution is 0.0974. The summed E-state index contributed by atoms with van der Waals surface area (Å²) >= 11 is 0. The molecular formula is C14H8O4. The largest absolute Gasteiger partial charge is 0.507 e. The Hall–Kier alpha value is -2.62. The van der Waals surface area contributed by atoms with Crippen LogP contribution in [0.3, 0.4) is 0 Å². The molecule has 0 aromatic heterocycles. The van der Waals surface area contributed by atoms with E-state index in [1.54, 1.807) is 0 Å². The molecule has 1 aliphatic rings. The van der Waals surface area contributed by atoms with E-state index in [-0.39, 0.29) is 0 Å². The van der Waals surface area contributed by atoms with Crippen LogP contribution in [0, 0.1) is 0 Å². The molecule has 4 heteroatoms. The second kappa shape index (κ2) is 3.43. The van der Waals surface area contributed by atoms with Gasteiger partial charge in [-0.3, -0.25) is 9.59 Å². The topological polar surface area (TPSA) is 74.6 Å². The van der Waals surface area contributed by atoms with Gasteiger partial charge in [0.15, 0.2) is 5.78 Å². The summed E-state index contributed by atoms with van der Waals surface area (Å²) in [5, 5.41) is 19.8. The Morgan fingerprint density at radius 1 is 0.778 bits per heavy atom. The van der Waals surface area contributed by atoms with Crippen molar-refractivity contribution in [3.8, 4) is 11.5 Å². The molecule has 0 unspecified atom stereocenters. The van der Waals surface area contributed by atoms with Gasteiger partial charge in [0.1, 0.15) is 11.5 Å². The Bertz CT molecular complexity index is 820. The molecular weight excluding hydrogens is 232 g/mol. The Kier molecular flexibility index (Phi) is 1.33. The average Bonchev–Trinajstić information content (AvgIpc) is 2.44.